The Morgan fingerprint density at radius 1 is 1.23 bits per heavy atom. The van der Waals surface area contributed by atoms with Crippen molar-refractivity contribution in [1.82, 2.24) is 15.0 Å². The summed E-state index contributed by atoms with van der Waals surface area (Å²) in [5.74, 6) is 1.21. The van der Waals surface area contributed by atoms with Crippen molar-refractivity contribution < 1.29 is 14.3 Å². The van der Waals surface area contributed by atoms with Gasteiger partial charge in [0, 0.05) is 37.8 Å². The van der Waals surface area contributed by atoms with Crippen molar-refractivity contribution in [2.45, 2.75) is 45.6 Å². The van der Waals surface area contributed by atoms with E-state index in [1.54, 1.807) is 34.2 Å². The molecule has 0 spiro atoms. The number of carbonyl (C=O) groups is 1. The lowest BCUT2D eigenvalue weighted by molar-refractivity contribution is 0.0579. The quantitative estimate of drug-likeness (QED) is 0.414. The van der Waals surface area contributed by atoms with E-state index in [1.165, 1.54) is 7.11 Å². The van der Waals surface area contributed by atoms with Crippen molar-refractivity contribution in [3.05, 3.63) is 46.6 Å². The van der Waals surface area contributed by atoms with E-state index < -0.39 is 17.1 Å². The van der Waals surface area contributed by atoms with Gasteiger partial charge in [0.15, 0.2) is 5.82 Å². The molecular formula is C28H32ClN7O3. The van der Waals surface area contributed by atoms with Crippen molar-refractivity contribution in [3.8, 4) is 23.2 Å². The lowest BCUT2D eigenvalue weighted by Crippen LogP contribution is -2.38. The molecular weight excluding hydrogens is 518 g/mol. The van der Waals surface area contributed by atoms with E-state index in [-0.39, 0.29) is 0 Å². The Morgan fingerprint density at radius 3 is 2.56 bits per heavy atom. The van der Waals surface area contributed by atoms with Gasteiger partial charge in [0.1, 0.15) is 17.4 Å². The van der Waals surface area contributed by atoms with Crippen molar-refractivity contribution in [1.29, 1.82) is 5.26 Å². The molecule has 3 heterocycles. The Kier molecular flexibility index (Phi) is 7.32. The third-order valence-electron chi connectivity index (χ3n) is 6.13. The fraction of sp³-hybridized carbons (Fsp3) is 0.393. The van der Waals surface area contributed by atoms with Gasteiger partial charge >= 0.3 is 6.09 Å². The zero-order chi connectivity index (χ0) is 28.7. The van der Waals surface area contributed by atoms with Crippen molar-refractivity contribution in [2.24, 2.45) is 0 Å². The molecule has 2 aromatic heterocycles. The molecule has 0 aliphatic carbocycles. The smallest absolute Gasteiger partial charge is 0.414 e. The molecule has 4 rings (SSSR count). The summed E-state index contributed by atoms with van der Waals surface area (Å²) in [6, 6.07) is 9.43. The zero-order valence-electron chi connectivity index (χ0n) is 23.4. The third-order valence-corrected chi connectivity index (χ3v) is 6.41. The van der Waals surface area contributed by atoms with Gasteiger partial charge in [-0.1, -0.05) is 25.4 Å². The first-order valence-electron chi connectivity index (χ1n) is 12.4. The van der Waals surface area contributed by atoms with Gasteiger partial charge < -0.3 is 19.7 Å². The second-order valence-corrected chi connectivity index (χ2v) is 11.5. The number of methoxy groups -OCH3 is 1. The molecule has 0 saturated carbocycles. The Balaban J connectivity index is 1.73. The van der Waals surface area contributed by atoms with E-state index in [9.17, 15) is 10.1 Å². The number of hydrogen-bond acceptors (Lipinski definition) is 9. The minimum atomic E-state index is -0.656. The Morgan fingerprint density at radius 2 is 1.95 bits per heavy atom. The van der Waals surface area contributed by atoms with Gasteiger partial charge in [-0.2, -0.15) is 10.2 Å². The second kappa shape index (κ2) is 10.2. The molecule has 0 bridgehead atoms. The van der Waals surface area contributed by atoms with E-state index in [1.807, 2.05) is 54.8 Å². The summed E-state index contributed by atoms with van der Waals surface area (Å²) in [5.41, 5.74) is 2.56. The van der Waals surface area contributed by atoms with Crippen LogP contribution in [0.1, 0.15) is 45.7 Å². The molecule has 0 fully saturated rings. The number of fused-ring (bicyclic) bond motifs is 1. The highest BCUT2D eigenvalue weighted by Crippen LogP contribution is 2.45. The molecule has 10 nitrogen and oxygen atoms in total. The topological polar surface area (TPSA) is 116 Å². The SMILES string of the molecule is COc1nc(N(C)C)c(Cl)cc1Nc1nccc(-c2cc(C#N)c3c(c2)C(C)(C)CN3C(=O)OC(C)(C)C)n1. The molecule has 39 heavy (non-hydrogen) atoms. The molecule has 1 amide bonds. The Labute approximate surface area is 233 Å². The number of carbonyl (C=O) groups excluding carboxylic acids is 1. The molecule has 1 aliphatic heterocycles. The van der Waals surface area contributed by atoms with Gasteiger partial charge in [0.05, 0.1) is 29.1 Å². The van der Waals surface area contributed by atoms with Crippen LogP contribution in [0.4, 0.5) is 27.9 Å². The normalized spacial score (nSPS) is 13.9. The largest absolute Gasteiger partial charge is 0.479 e. The number of benzene rings is 1. The highest BCUT2D eigenvalue weighted by molar-refractivity contribution is 6.33. The van der Waals surface area contributed by atoms with Crippen LogP contribution < -0.4 is 19.9 Å². The van der Waals surface area contributed by atoms with Crippen LogP contribution in [0, 0.1) is 11.3 Å². The van der Waals surface area contributed by atoms with Crippen molar-refractivity contribution >= 4 is 40.8 Å². The first-order valence-corrected chi connectivity index (χ1v) is 12.7. The predicted octanol–water partition coefficient (Wildman–Crippen LogP) is 5.91. The maximum Gasteiger partial charge on any atom is 0.414 e. The molecule has 1 aliphatic rings. The summed E-state index contributed by atoms with van der Waals surface area (Å²) < 4.78 is 11.1. The average molecular weight is 550 g/mol. The zero-order valence-corrected chi connectivity index (χ0v) is 24.1. The molecule has 1 aromatic carbocycles. The summed E-state index contributed by atoms with van der Waals surface area (Å²) in [4.78, 5) is 29.9. The number of nitrogens with one attached hydrogen (secondary N) is 1. The van der Waals surface area contributed by atoms with Crippen LogP contribution in [-0.4, -0.2) is 54.4 Å². The van der Waals surface area contributed by atoms with E-state index in [0.29, 0.717) is 51.8 Å². The third kappa shape index (κ3) is 5.68. The number of halogens is 1. The van der Waals surface area contributed by atoms with E-state index >= 15 is 0 Å². The number of hydrogen-bond donors (Lipinski definition) is 1. The predicted molar refractivity (Wildman–Crippen MR) is 152 cm³/mol. The Bertz CT molecular complexity index is 1480. The number of ether oxygens (including phenoxy) is 2. The lowest BCUT2D eigenvalue weighted by Gasteiger charge is -2.26. The minimum Gasteiger partial charge on any atom is -0.479 e. The molecule has 0 saturated heterocycles. The van der Waals surface area contributed by atoms with Gasteiger partial charge in [0.25, 0.3) is 0 Å². The number of anilines is 4. The fourth-order valence-electron chi connectivity index (χ4n) is 4.43. The second-order valence-electron chi connectivity index (χ2n) is 11.1. The molecule has 3 aromatic rings. The molecule has 11 heteroatoms. The summed E-state index contributed by atoms with van der Waals surface area (Å²) in [5, 5.41) is 13.6. The number of nitriles is 1. The summed E-state index contributed by atoms with van der Waals surface area (Å²) >= 11 is 6.42. The average Bonchev–Trinajstić information content (AvgIpc) is 3.13. The van der Waals surface area contributed by atoms with Crippen LogP contribution in [0.2, 0.25) is 5.02 Å². The van der Waals surface area contributed by atoms with Crippen molar-refractivity contribution in [3.63, 3.8) is 0 Å². The molecule has 0 radical (unpaired) electrons. The summed E-state index contributed by atoms with van der Waals surface area (Å²) in [6.07, 6.45) is 1.14. The minimum absolute atomic E-state index is 0.301. The van der Waals surface area contributed by atoms with Gasteiger partial charge in [0.2, 0.25) is 11.8 Å². The van der Waals surface area contributed by atoms with Gasteiger partial charge in [-0.15, -0.1) is 0 Å². The lowest BCUT2D eigenvalue weighted by atomic mass is 9.85. The number of amides is 1. The van der Waals surface area contributed by atoms with E-state index in [0.717, 1.165) is 11.1 Å². The summed E-state index contributed by atoms with van der Waals surface area (Å²) in [6.45, 7) is 9.92. The number of rotatable bonds is 5. The van der Waals surface area contributed by atoms with Crippen LogP contribution in [0.5, 0.6) is 5.88 Å². The van der Waals surface area contributed by atoms with Gasteiger partial charge in [-0.3, -0.25) is 4.90 Å². The highest BCUT2D eigenvalue weighted by Gasteiger charge is 2.42. The standard InChI is InChI=1S/C28H32ClN7O3/c1-27(2,3)39-26(37)36-15-28(4,5)18-12-16(11-17(14-30)22(18)36)20-9-10-31-25(32-20)33-21-13-19(29)23(35(6)7)34-24(21)38-8/h9-13H,15H2,1-8H3,(H,31,32,33). The van der Waals surface area contributed by atoms with Crippen LogP contribution in [0.15, 0.2) is 30.5 Å². The van der Waals surface area contributed by atoms with Crippen LogP contribution in [0.25, 0.3) is 11.3 Å². The summed E-state index contributed by atoms with van der Waals surface area (Å²) in [7, 11) is 5.20. The van der Waals surface area contributed by atoms with E-state index in [2.05, 4.69) is 26.3 Å². The van der Waals surface area contributed by atoms with E-state index in [4.69, 9.17) is 21.1 Å². The molecule has 0 atom stereocenters. The first-order chi connectivity index (χ1) is 18.2. The van der Waals surface area contributed by atoms with Gasteiger partial charge in [-0.05, 0) is 50.6 Å². The highest BCUT2D eigenvalue weighted by atomic mass is 35.5. The van der Waals surface area contributed by atoms with Crippen LogP contribution in [-0.2, 0) is 10.2 Å². The fourth-order valence-corrected chi connectivity index (χ4v) is 4.75. The monoisotopic (exact) mass is 549 g/mol. The molecule has 1 N–H and O–H groups in total. The van der Waals surface area contributed by atoms with Crippen LogP contribution >= 0.6 is 11.6 Å². The maximum atomic E-state index is 13.0. The first kappa shape index (κ1) is 27.9. The molecule has 204 valence electrons. The maximum absolute atomic E-state index is 13.0. The molecule has 0 unspecified atom stereocenters. The van der Waals surface area contributed by atoms with Crippen LogP contribution in [0.3, 0.4) is 0 Å². The number of aromatic nitrogens is 3. The Hall–Kier alpha value is -4.10. The number of nitrogens with zero attached hydrogens (tertiary/aromatic N) is 6. The van der Waals surface area contributed by atoms with Crippen molar-refractivity contribution in [2.75, 3.05) is 42.9 Å². The number of pyridine rings is 1. The van der Waals surface area contributed by atoms with Gasteiger partial charge in [-0.25, -0.2) is 14.8 Å².